The van der Waals surface area contributed by atoms with E-state index in [-0.39, 0.29) is 0 Å². The summed E-state index contributed by atoms with van der Waals surface area (Å²) in [5.74, 6) is 17.5. The summed E-state index contributed by atoms with van der Waals surface area (Å²) in [5.41, 5.74) is 0. The summed E-state index contributed by atoms with van der Waals surface area (Å²) in [6, 6.07) is 2.80. The fourth-order valence-corrected chi connectivity index (χ4v) is 26.8. The maximum atomic E-state index is 3.49. The van der Waals surface area contributed by atoms with E-state index in [1.165, 1.54) is 12.8 Å². The Morgan fingerprint density at radius 2 is 0.806 bits per heavy atom. The Labute approximate surface area is 391 Å². The number of rotatable bonds is 6. The van der Waals surface area contributed by atoms with E-state index in [1.54, 1.807) is 218 Å². The van der Waals surface area contributed by atoms with E-state index in [1.807, 2.05) is 0 Å². The summed E-state index contributed by atoms with van der Waals surface area (Å²) in [4.78, 5) is 3.49. The van der Waals surface area contributed by atoms with Gasteiger partial charge in [0, 0.05) is 39.1 Å². The fourth-order valence-electron chi connectivity index (χ4n) is 22.0. The molecule has 62 heavy (non-hydrogen) atoms. The molecule has 0 radical (unpaired) electrons. The van der Waals surface area contributed by atoms with Crippen LogP contribution in [0.15, 0.2) is 0 Å². The van der Waals surface area contributed by atoms with Crippen molar-refractivity contribution in [3.63, 3.8) is 0 Å². The Morgan fingerprint density at radius 3 is 1.60 bits per heavy atom. The van der Waals surface area contributed by atoms with E-state index >= 15 is 0 Å². The first-order chi connectivity index (χ1) is 30.7. The second-order valence-electron chi connectivity index (χ2n) is 26.7. The molecular weight excluding hydrogens is 787 g/mol. The van der Waals surface area contributed by atoms with Crippen LogP contribution >= 0.6 is 23.5 Å². The molecule has 18 unspecified atom stereocenters. The van der Waals surface area contributed by atoms with E-state index in [2.05, 4.69) is 28.4 Å². The molecule has 13 fully saturated rings. The summed E-state index contributed by atoms with van der Waals surface area (Å²) < 4.78 is 0. The smallest absolute Gasteiger partial charge is 0.0132 e. The standard InChI is InChI=1S/C59H95NS2/c1-2-10-37(11-3-1)41-22-20-39-21-23-42(35-44(39)34-41)38-24-28-45(29-25-38)60(54-18-9-16-49-47-13-5-4-12-43(47)36-53(49)54)46-30-26-40(27-31-46)48-15-8-17-50-51-32-33-56-57(59(51)62-58(48)50)52-14-6-7-19-55(52)61-56/h37-59H,1-36H2. The largest absolute Gasteiger partial charge is 0.294 e. The van der Waals surface area contributed by atoms with Crippen molar-refractivity contribution in [2.24, 2.45) is 94.7 Å². The van der Waals surface area contributed by atoms with Gasteiger partial charge in [-0.2, -0.15) is 23.5 Å². The van der Waals surface area contributed by atoms with Crippen molar-refractivity contribution >= 4 is 23.5 Å². The molecule has 11 saturated carbocycles. The van der Waals surface area contributed by atoms with Crippen LogP contribution in [0.2, 0.25) is 0 Å². The van der Waals surface area contributed by atoms with E-state index in [0.29, 0.717) is 0 Å². The minimum absolute atomic E-state index is 0.922. The van der Waals surface area contributed by atoms with Gasteiger partial charge in [0.15, 0.2) is 0 Å². The number of hydrogen-bond acceptors (Lipinski definition) is 3. The monoisotopic (exact) mass is 882 g/mol. The topological polar surface area (TPSA) is 3.24 Å². The van der Waals surface area contributed by atoms with Gasteiger partial charge in [-0.1, -0.05) is 77.0 Å². The average Bonchev–Trinajstić information content (AvgIpc) is 4.04. The van der Waals surface area contributed by atoms with Crippen LogP contribution in [0.3, 0.4) is 0 Å². The van der Waals surface area contributed by atoms with Gasteiger partial charge >= 0.3 is 0 Å². The molecule has 1 nitrogen and oxygen atoms in total. The molecule has 0 N–H and O–H groups in total. The highest BCUT2D eigenvalue weighted by Crippen LogP contribution is 2.66. The zero-order valence-corrected chi connectivity index (χ0v) is 41.6. The molecule has 11 aliphatic carbocycles. The van der Waals surface area contributed by atoms with Crippen LogP contribution in [-0.2, 0) is 0 Å². The first-order valence-electron chi connectivity index (χ1n) is 29.8. The van der Waals surface area contributed by atoms with Crippen LogP contribution in [0.4, 0.5) is 0 Å². The van der Waals surface area contributed by atoms with Gasteiger partial charge in [-0.25, -0.2) is 0 Å². The Morgan fingerprint density at radius 1 is 0.258 bits per heavy atom. The van der Waals surface area contributed by atoms with Gasteiger partial charge in [0.1, 0.15) is 0 Å². The van der Waals surface area contributed by atoms with Gasteiger partial charge in [0.25, 0.3) is 0 Å². The van der Waals surface area contributed by atoms with Gasteiger partial charge in [-0.05, 0) is 249 Å². The maximum absolute atomic E-state index is 3.49. The molecule has 13 aliphatic rings. The third kappa shape index (κ3) is 7.87. The second kappa shape index (κ2) is 18.5. The number of fused-ring (bicyclic) bond motifs is 11. The molecule has 0 bridgehead atoms. The Kier molecular flexibility index (Phi) is 12.8. The molecule has 13 rings (SSSR count). The molecule has 3 heteroatoms. The van der Waals surface area contributed by atoms with Crippen LogP contribution < -0.4 is 0 Å². The van der Waals surface area contributed by atoms with Crippen molar-refractivity contribution in [2.75, 3.05) is 0 Å². The molecule has 2 saturated heterocycles. The van der Waals surface area contributed by atoms with Crippen LogP contribution in [0.1, 0.15) is 231 Å². The van der Waals surface area contributed by atoms with Crippen molar-refractivity contribution in [2.45, 2.75) is 270 Å². The van der Waals surface area contributed by atoms with Crippen molar-refractivity contribution in [3.8, 4) is 0 Å². The molecule has 18 atom stereocenters. The third-order valence-corrected chi connectivity index (χ3v) is 28.4. The predicted octanol–water partition coefficient (Wildman–Crippen LogP) is 16.4. The lowest BCUT2D eigenvalue weighted by Crippen LogP contribution is -2.56. The molecule has 0 aromatic rings. The van der Waals surface area contributed by atoms with Crippen molar-refractivity contribution in [1.82, 2.24) is 4.90 Å². The lowest BCUT2D eigenvalue weighted by molar-refractivity contribution is -0.0367. The first kappa shape index (κ1) is 42.7. The summed E-state index contributed by atoms with van der Waals surface area (Å²) >= 11 is 5.21. The minimum Gasteiger partial charge on any atom is -0.294 e. The normalized spacial score (nSPS) is 54.3. The Bertz CT molecular complexity index is 1490. The fraction of sp³-hybridized carbons (Fsp3) is 1.00. The van der Waals surface area contributed by atoms with E-state index in [9.17, 15) is 0 Å². The van der Waals surface area contributed by atoms with E-state index < -0.39 is 0 Å². The van der Waals surface area contributed by atoms with Gasteiger partial charge in [-0.15, -0.1) is 0 Å². The summed E-state index contributed by atoms with van der Waals surface area (Å²) in [7, 11) is 0. The van der Waals surface area contributed by atoms with E-state index in [4.69, 9.17) is 0 Å². The summed E-state index contributed by atoms with van der Waals surface area (Å²) in [6.45, 7) is 0. The van der Waals surface area contributed by atoms with E-state index in [0.717, 1.165) is 134 Å². The first-order valence-corrected chi connectivity index (χ1v) is 31.7. The molecule has 2 aliphatic heterocycles. The molecule has 0 aromatic heterocycles. The highest BCUT2D eigenvalue weighted by atomic mass is 32.2. The molecule has 0 spiro atoms. The highest BCUT2D eigenvalue weighted by Gasteiger charge is 2.60. The molecule has 348 valence electrons. The molecule has 2 heterocycles. The zero-order chi connectivity index (χ0) is 40.7. The molecule has 0 amide bonds. The van der Waals surface area contributed by atoms with Crippen LogP contribution in [-0.4, -0.2) is 44.0 Å². The quantitative estimate of drug-likeness (QED) is 0.262. The van der Waals surface area contributed by atoms with Gasteiger partial charge in [0.2, 0.25) is 0 Å². The minimum atomic E-state index is 0.922. The molecule has 0 aromatic carbocycles. The molecular formula is C59H95NS2. The Balaban J connectivity index is 0.689. The maximum Gasteiger partial charge on any atom is 0.0132 e. The summed E-state index contributed by atoms with van der Waals surface area (Å²) in [6.07, 6.45) is 57.2. The van der Waals surface area contributed by atoms with Gasteiger partial charge < -0.3 is 0 Å². The number of hydrogen-bond donors (Lipinski definition) is 0. The zero-order valence-electron chi connectivity index (χ0n) is 40.0. The number of nitrogens with zero attached hydrogens (tertiary/aromatic N) is 1. The lowest BCUT2D eigenvalue weighted by atomic mass is 9.59. The summed E-state index contributed by atoms with van der Waals surface area (Å²) in [5, 5.41) is 4.19. The lowest BCUT2D eigenvalue weighted by Gasteiger charge is -2.53. The Hall–Kier alpha value is 0.660. The van der Waals surface area contributed by atoms with Crippen LogP contribution in [0.5, 0.6) is 0 Å². The van der Waals surface area contributed by atoms with Crippen molar-refractivity contribution in [3.05, 3.63) is 0 Å². The van der Waals surface area contributed by atoms with Gasteiger partial charge in [-0.3, -0.25) is 4.90 Å². The van der Waals surface area contributed by atoms with Crippen LogP contribution in [0, 0.1) is 94.7 Å². The highest BCUT2D eigenvalue weighted by molar-refractivity contribution is 8.02. The predicted molar refractivity (Wildman–Crippen MR) is 266 cm³/mol. The van der Waals surface area contributed by atoms with Gasteiger partial charge in [0.05, 0.1) is 0 Å². The third-order valence-electron chi connectivity index (χ3n) is 24.6. The number of thioether (sulfide) groups is 2. The van der Waals surface area contributed by atoms with Crippen molar-refractivity contribution in [1.29, 1.82) is 0 Å². The van der Waals surface area contributed by atoms with Crippen molar-refractivity contribution < 1.29 is 0 Å². The van der Waals surface area contributed by atoms with Crippen LogP contribution in [0.25, 0.3) is 0 Å². The average molecular weight is 883 g/mol. The SMILES string of the molecule is C1CCC(C2CCC3CCC(C4CCC(N(C5CCC(C6CCCC7C8CCC9SC%10CCCCC%10C9C8SC67)CC5)C5CCCC6C7CCCCC7CC65)CC4)CC3C2)CC1. The second-order valence-corrected chi connectivity index (χ2v) is 29.6.